The molecule has 1 aliphatic heterocycles. The van der Waals surface area contributed by atoms with E-state index in [0.29, 0.717) is 6.42 Å². The lowest BCUT2D eigenvalue weighted by Crippen LogP contribution is -2.66. The molecule has 0 aromatic carbocycles. The normalized spacial score (nSPS) is 34.3. The highest BCUT2D eigenvalue weighted by molar-refractivity contribution is 5.69. The second-order valence-electron chi connectivity index (χ2n) is 5.89. The van der Waals surface area contributed by atoms with E-state index in [-0.39, 0.29) is 6.42 Å². The number of aliphatic hydroxyl groups is 5. The van der Waals surface area contributed by atoms with Crippen molar-refractivity contribution in [1.29, 1.82) is 0 Å². The molecular formula is C15H28O8. The highest BCUT2D eigenvalue weighted by atomic mass is 16.8. The molecule has 1 heterocycles. The van der Waals surface area contributed by atoms with Gasteiger partial charge in [0.1, 0.15) is 18.3 Å². The van der Waals surface area contributed by atoms with Gasteiger partial charge in [-0.3, -0.25) is 4.79 Å². The predicted octanol–water partition coefficient (Wildman–Crippen LogP) is -0.600. The van der Waals surface area contributed by atoms with E-state index in [0.717, 1.165) is 32.1 Å². The van der Waals surface area contributed by atoms with E-state index >= 15 is 0 Å². The fourth-order valence-corrected chi connectivity index (χ4v) is 2.47. The number of ether oxygens (including phenoxy) is 2. The maximum absolute atomic E-state index is 11.8. The molecule has 136 valence electrons. The Balaban J connectivity index is 2.45. The van der Waals surface area contributed by atoms with Crippen LogP contribution in [0.1, 0.15) is 51.9 Å². The van der Waals surface area contributed by atoms with Crippen molar-refractivity contribution in [2.45, 2.75) is 82.3 Å². The Morgan fingerprint density at radius 3 is 2.30 bits per heavy atom. The first-order valence-corrected chi connectivity index (χ1v) is 8.12. The average molecular weight is 336 g/mol. The highest BCUT2D eigenvalue weighted by Crippen LogP contribution is 2.29. The first-order valence-electron chi connectivity index (χ1n) is 8.12. The number of unbranched alkanes of at least 4 members (excludes halogenated alkanes) is 5. The van der Waals surface area contributed by atoms with Gasteiger partial charge in [-0.15, -0.1) is 0 Å². The zero-order chi connectivity index (χ0) is 17.5. The van der Waals surface area contributed by atoms with Crippen molar-refractivity contribution in [3.05, 3.63) is 0 Å². The minimum absolute atomic E-state index is 0.0347. The summed E-state index contributed by atoms with van der Waals surface area (Å²) in [6.45, 7) is 1.39. The quantitative estimate of drug-likeness (QED) is 0.214. The smallest absolute Gasteiger partial charge is 0.357 e. The molecule has 0 amide bonds. The number of aliphatic hydroxyl groups excluding tert-OH is 4. The first-order chi connectivity index (χ1) is 10.9. The SMILES string of the molecule is CCCCCCCCC(=O)O[C@@]1(O)O[C@H](CO)[C@H](O)[C@H](O)[C@H]1O. The van der Waals surface area contributed by atoms with Crippen LogP contribution in [-0.4, -0.2) is 68.5 Å². The van der Waals surface area contributed by atoms with Gasteiger partial charge in [-0.25, -0.2) is 0 Å². The van der Waals surface area contributed by atoms with Gasteiger partial charge in [0.15, 0.2) is 6.10 Å². The van der Waals surface area contributed by atoms with Crippen molar-refractivity contribution in [3.63, 3.8) is 0 Å². The molecule has 0 unspecified atom stereocenters. The van der Waals surface area contributed by atoms with Gasteiger partial charge in [0.05, 0.1) is 6.61 Å². The molecule has 8 heteroatoms. The third-order valence-electron chi connectivity index (χ3n) is 3.92. The Morgan fingerprint density at radius 2 is 1.70 bits per heavy atom. The molecule has 1 rings (SSSR count). The van der Waals surface area contributed by atoms with Gasteiger partial charge in [0.2, 0.25) is 0 Å². The van der Waals surface area contributed by atoms with E-state index in [4.69, 9.17) is 14.6 Å². The number of rotatable bonds is 9. The zero-order valence-electron chi connectivity index (χ0n) is 13.4. The van der Waals surface area contributed by atoms with Crippen molar-refractivity contribution in [2.24, 2.45) is 0 Å². The van der Waals surface area contributed by atoms with E-state index in [1.807, 2.05) is 0 Å². The van der Waals surface area contributed by atoms with Crippen molar-refractivity contribution < 1.29 is 39.8 Å². The summed E-state index contributed by atoms with van der Waals surface area (Å²) in [5.74, 6) is -3.58. The fourth-order valence-electron chi connectivity index (χ4n) is 2.47. The Labute approximate surface area is 135 Å². The summed E-state index contributed by atoms with van der Waals surface area (Å²) in [6.07, 6.45) is -0.998. The fraction of sp³-hybridized carbons (Fsp3) is 0.933. The van der Waals surface area contributed by atoms with Crippen LogP contribution in [0.15, 0.2) is 0 Å². The van der Waals surface area contributed by atoms with Crippen LogP contribution in [-0.2, 0) is 14.3 Å². The molecular weight excluding hydrogens is 308 g/mol. The lowest BCUT2D eigenvalue weighted by Gasteiger charge is -2.43. The Morgan fingerprint density at radius 1 is 1.09 bits per heavy atom. The predicted molar refractivity (Wildman–Crippen MR) is 79.0 cm³/mol. The molecule has 0 saturated carbocycles. The van der Waals surface area contributed by atoms with E-state index in [2.05, 4.69) is 6.92 Å². The van der Waals surface area contributed by atoms with Crippen LogP contribution in [0.5, 0.6) is 0 Å². The number of esters is 1. The van der Waals surface area contributed by atoms with E-state index in [9.17, 15) is 25.2 Å². The first kappa shape index (κ1) is 20.3. The third-order valence-corrected chi connectivity index (χ3v) is 3.92. The molecule has 0 bridgehead atoms. The van der Waals surface area contributed by atoms with Crippen molar-refractivity contribution >= 4 is 5.97 Å². The van der Waals surface area contributed by atoms with Crippen LogP contribution < -0.4 is 0 Å². The van der Waals surface area contributed by atoms with Gasteiger partial charge in [0.25, 0.3) is 0 Å². The molecule has 23 heavy (non-hydrogen) atoms. The summed E-state index contributed by atoms with van der Waals surface area (Å²) in [5, 5.41) is 48.1. The summed E-state index contributed by atoms with van der Waals surface area (Å²) in [4.78, 5) is 11.8. The van der Waals surface area contributed by atoms with Crippen molar-refractivity contribution in [1.82, 2.24) is 0 Å². The maximum atomic E-state index is 11.8. The monoisotopic (exact) mass is 336 g/mol. The van der Waals surface area contributed by atoms with Crippen LogP contribution in [0, 0.1) is 0 Å². The van der Waals surface area contributed by atoms with Gasteiger partial charge in [-0.2, -0.15) is 0 Å². The molecule has 8 nitrogen and oxygen atoms in total. The summed E-state index contributed by atoms with van der Waals surface area (Å²) in [6, 6.07) is 0. The van der Waals surface area contributed by atoms with Crippen molar-refractivity contribution in [3.8, 4) is 0 Å². The molecule has 0 spiro atoms. The molecule has 1 saturated heterocycles. The van der Waals surface area contributed by atoms with Gasteiger partial charge < -0.3 is 35.0 Å². The largest absolute Gasteiger partial charge is 0.406 e. The second kappa shape index (κ2) is 9.51. The Bertz CT molecular complexity index is 361. The molecule has 1 fully saturated rings. The average Bonchev–Trinajstić information content (AvgIpc) is 2.52. The van der Waals surface area contributed by atoms with Gasteiger partial charge >= 0.3 is 11.9 Å². The third kappa shape index (κ3) is 5.66. The molecule has 0 aromatic rings. The minimum Gasteiger partial charge on any atom is -0.406 e. The number of carbonyl (C=O) groups is 1. The topological polar surface area (TPSA) is 137 Å². The second-order valence-corrected chi connectivity index (χ2v) is 5.89. The van der Waals surface area contributed by atoms with Crippen LogP contribution in [0.3, 0.4) is 0 Å². The Kier molecular flexibility index (Phi) is 8.38. The number of hydrogen-bond acceptors (Lipinski definition) is 8. The standard InChI is InChI=1S/C15H28O8/c1-2-3-4-5-6-7-8-11(17)23-15(21)14(20)13(19)12(18)10(9-16)22-15/h10,12-14,16,18-21H,2-9H2,1H3/t10-,12+,13+,14-,15+/m1/s1. The molecule has 5 N–H and O–H groups in total. The number of hydrogen-bond donors (Lipinski definition) is 5. The molecule has 5 atom stereocenters. The highest BCUT2D eigenvalue weighted by Gasteiger charge is 2.55. The van der Waals surface area contributed by atoms with Crippen molar-refractivity contribution in [2.75, 3.05) is 6.61 Å². The Hall–Kier alpha value is -0.770. The lowest BCUT2D eigenvalue weighted by atomic mass is 9.98. The van der Waals surface area contributed by atoms with E-state index in [1.54, 1.807) is 0 Å². The molecule has 0 radical (unpaired) electrons. The summed E-state index contributed by atoms with van der Waals surface area (Å²) >= 11 is 0. The number of carbonyl (C=O) groups excluding carboxylic acids is 1. The molecule has 0 aliphatic carbocycles. The molecule has 1 aliphatic rings. The van der Waals surface area contributed by atoms with E-state index in [1.165, 1.54) is 0 Å². The van der Waals surface area contributed by atoms with Crippen LogP contribution in [0.2, 0.25) is 0 Å². The van der Waals surface area contributed by atoms with Gasteiger partial charge in [0, 0.05) is 6.42 Å². The summed E-state index contributed by atoms with van der Waals surface area (Å²) in [7, 11) is 0. The van der Waals surface area contributed by atoms with Gasteiger partial charge in [-0.05, 0) is 6.42 Å². The maximum Gasteiger partial charge on any atom is 0.357 e. The van der Waals surface area contributed by atoms with Gasteiger partial charge in [-0.1, -0.05) is 39.0 Å². The van der Waals surface area contributed by atoms with Crippen LogP contribution in [0.25, 0.3) is 0 Å². The lowest BCUT2D eigenvalue weighted by molar-refractivity contribution is -0.434. The van der Waals surface area contributed by atoms with Crippen LogP contribution >= 0.6 is 0 Å². The van der Waals surface area contributed by atoms with Crippen LogP contribution in [0.4, 0.5) is 0 Å². The van der Waals surface area contributed by atoms with E-state index < -0.39 is 43.0 Å². The minimum atomic E-state index is -2.79. The summed E-state index contributed by atoms with van der Waals surface area (Å²) in [5.41, 5.74) is 0. The zero-order valence-corrected chi connectivity index (χ0v) is 13.4. The summed E-state index contributed by atoms with van der Waals surface area (Å²) < 4.78 is 9.58. The molecule has 0 aromatic heterocycles.